The zero-order valence-corrected chi connectivity index (χ0v) is 11.3. The van der Waals surface area contributed by atoms with E-state index in [4.69, 9.17) is 5.11 Å². The number of aryl methyl sites for hydroxylation is 1. The highest BCUT2D eigenvalue weighted by molar-refractivity contribution is 7.09. The molecule has 2 heterocycles. The predicted molar refractivity (Wildman–Crippen MR) is 71.1 cm³/mol. The Bertz CT molecular complexity index is 650. The summed E-state index contributed by atoms with van der Waals surface area (Å²) in [6.45, 7) is 0.379. The summed E-state index contributed by atoms with van der Waals surface area (Å²) in [6.07, 6.45) is 1.78. The van der Waals surface area contributed by atoms with Gasteiger partial charge in [-0.2, -0.15) is 0 Å². The fourth-order valence-electron chi connectivity index (χ4n) is 1.55. The number of hydrogen-bond acceptors (Lipinski definition) is 7. The number of hydrogen-bond donors (Lipinski definition) is 2. The number of thiazole rings is 1. The maximum Gasteiger partial charge on any atom is 0.355 e. The van der Waals surface area contributed by atoms with Crippen molar-refractivity contribution in [3.63, 3.8) is 0 Å². The van der Waals surface area contributed by atoms with Gasteiger partial charge in [0.2, 0.25) is 5.82 Å². The van der Waals surface area contributed by atoms with E-state index in [1.165, 1.54) is 27.6 Å². The number of aromatic carboxylic acids is 1. The Morgan fingerprint density at radius 3 is 3.00 bits per heavy atom. The van der Waals surface area contributed by atoms with E-state index in [9.17, 15) is 14.9 Å². The standard InChI is InChI=1S/C10H11N5O4S/c1-14-4-7(15(18)19)9(13-14)11-3-2-8-12-6(5-20-8)10(16)17/h4-5H,2-3H2,1H3,(H,11,13)(H,16,17). The number of anilines is 1. The van der Waals surface area contributed by atoms with Crippen LogP contribution in [0.1, 0.15) is 15.5 Å². The smallest absolute Gasteiger partial charge is 0.355 e. The van der Waals surface area contributed by atoms with E-state index in [0.717, 1.165) is 0 Å². The molecular weight excluding hydrogens is 286 g/mol. The molecule has 0 saturated heterocycles. The number of nitrogens with one attached hydrogen (secondary N) is 1. The Kier molecular flexibility index (Phi) is 3.94. The van der Waals surface area contributed by atoms with E-state index in [1.54, 1.807) is 7.05 Å². The third-order valence-electron chi connectivity index (χ3n) is 2.41. The van der Waals surface area contributed by atoms with Crippen molar-refractivity contribution in [3.05, 3.63) is 32.4 Å². The summed E-state index contributed by atoms with van der Waals surface area (Å²) in [5.41, 5.74) is -0.0910. The maximum absolute atomic E-state index is 10.8. The zero-order valence-electron chi connectivity index (χ0n) is 10.4. The first-order valence-corrected chi connectivity index (χ1v) is 6.45. The third kappa shape index (κ3) is 3.09. The van der Waals surface area contributed by atoms with Gasteiger partial charge < -0.3 is 10.4 Å². The van der Waals surface area contributed by atoms with Crippen LogP contribution in [0.2, 0.25) is 0 Å². The van der Waals surface area contributed by atoms with Crippen LogP contribution < -0.4 is 5.32 Å². The molecule has 2 aromatic rings. The molecule has 9 nitrogen and oxygen atoms in total. The first-order valence-electron chi connectivity index (χ1n) is 5.57. The van der Waals surface area contributed by atoms with Gasteiger partial charge in [-0.05, 0) is 0 Å². The summed E-state index contributed by atoms with van der Waals surface area (Å²) in [5, 5.41) is 28.4. The fraction of sp³-hybridized carbons (Fsp3) is 0.300. The van der Waals surface area contributed by atoms with Gasteiger partial charge >= 0.3 is 11.7 Å². The lowest BCUT2D eigenvalue weighted by molar-refractivity contribution is -0.384. The molecule has 2 rings (SSSR count). The van der Waals surface area contributed by atoms with Crippen molar-refractivity contribution in [1.82, 2.24) is 14.8 Å². The molecule has 0 aliphatic heterocycles. The molecule has 0 amide bonds. The van der Waals surface area contributed by atoms with Crippen LogP contribution in [-0.2, 0) is 13.5 Å². The highest BCUT2D eigenvalue weighted by Gasteiger charge is 2.18. The number of rotatable bonds is 6. The van der Waals surface area contributed by atoms with Crippen molar-refractivity contribution >= 4 is 28.8 Å². The molecule has 0 radical (unpaired) electrons. The molecule has 0 atom stereocenters. The SMILES string of the molecule is Cn1cc([N+](=O)[O-])c(NCCc2nc(C(=O)O)cs2)n1. The van der Waals surface area contributed by atoms with Gasteiger partial charge in [0.25, 0.3) is 0 Å². The summed E-state index contributed by atoms with van der Waals surface area (Å²) < 4.78 is 1.35. The summed E-state index contributed by atoms with van der Waals surface area (Å²) >= 11 is 1.24. The van der Waals surface area contributed by atoms with Crippen molar-refractivity contribution < 1.29 is 14.8 Å². The van der Waals surface area contributed by atoms with Crippen LogP contribution in [0, 0.1) is 10.1 Å². The van der Waals surface area contributed by atoms with E-state index in [-0.39, 0.29) is 17.2 Å². The van der Waals surface area contributed by atoms with Gasteiger partial charge in [0, 0.05) is 25.4 Å². The van der Waals surface area contributed by atoms with Gasteiger partial charge in [0.05, 0.1) is 9.93 Å². The molecule has 0 aliphatic rings. The molecule has 0 aliphatic carbocycles. The van der Waals surface area contributed by atoms with Gasteiger partial charge in [-0.15, -0.1) is 16.4 Å². The molecule has 0 unspecified atom stereocenters. The quantitative estimate of drug-likeness (QED) is 0.605. The van der Waals surface area contributed by atoms with Crippen LogP contribution in [0.15, 0.2) is 11.6 Å². The van der Waals surface area contributed by atoms with Gasteiger partial charge in [-0.3, -0.25) is 14.8 Å². The van der Waals surface area contributed by atoms with Crippen LogP contribution in [0.25, 0.3) is 0 Å². The molecule has 0 spiro atoms. The van der Waals surface area contributed by atoms with Crippen LogP contribution >= 0.6 is 11.3 Å². The van der Waals surface area contributed by atoms with Gasteiger partial charge in [-0.25, -0.2) is 9.78 Å². The van der Waals surface area contributed by atoms with Crippen LogP contribution in [0.4, 0.5) is 11.5 Å². The third-order valence-corrected chi connectivity index (χ3v) is 3.32. The second-order valence-corrected chi connectivity index (χ2v) is 4.84. The Labute approximate surface area is 117 Å². The summed E-state index contributed by atoms with van der Waals surface area (Å²) in [7, 11) is 1.60. The van der Waals surface area contributed by atoms with E-state index in [0.29, 0.717) is 18.0 Å². The van der Waals surface area contributed by atoms with Crippen molar-refractivity contribution in [2.24, 2.45) is 7.05 Å². The lowest BCUT2D eigenvalue weighted by atomic mass is 10.4. The van der Waals surface area contributed by atoms with Crippen molar-refractivity contribution in [3.8, 4) is 0 Å². The lowest BCUT2D eigenvalue weighted by Crippen LogP contribution is -2.07. The van der Waals surface area contributed by atoms with Gasteiger partial charge in [0.1, 0.15) is 6.20 Å². The minimum absolute atomic E-state index is 0.00816. The number of aromatic nitrogens is 3. The van der Waals surface area contributed by atoms with E-state index in [2.05, 4.69) is 15.4 Å². The molecule has 2 N–H and O–H groups in total. The lowest BCUT2D eigenvalue weighted by Gasteiger charge is -2.00. The predicted octanol–water partition coefficient (Wildman–Crippen LogP) is 1.14. The second kappa shape index (κ2) is 5.65. The minimum atomic E-state index is -1.07. The first-order chi connectivity index (χ1) is 9.47. The molecule has 0 saturated carbocycles. The number of carboxylic acid groups (broad SMARTS) is 1. The second-order valence-electron chi connectivity index (χ2n) is 3.90. The normalized spacial score (nSPS) is 10.4. The summed E-state index contributed by atoms with van der Waals surface area (Å²) in [5.74, 6) is -0.881. The van der Waals surface area contributed by atoms with Crippen molar-refractivity contribution in [2.75, 3.05) is 11.9 Å². The zero-order chi connectivity index (χ0) is 14.7. The molecular formula is C10H11N5O4S. The largest absolute Gasteiger partial charge is 0.476 e. The van der Waals surface area contributed by atoms with E-state index < -0.39 is 10.9 Å². The van der Waals surface area contributed by atoms with Gasteiger partial charge in [-0.1, -0.05) is 0 Å². The minimum Gasteiger partial charge on any atom is -0.476 e. The number of carboxylic acids is 1. The Morgan fingerprint density at radius 2 is 2.40 bits per heavy atom. The highest BCUT2D eigenvalue weighted by atomic mass is 32.1. The molecule has 10 heteroatoms. The maximum atomic E-state index is 10.8. The van der Waals surface area contributed by atoms with Crippen molar-refractivity contribution in [2.45, 2.75) is 6.42 Å². The summed E-state index contributed by atoms with van der Waals surface area (Å²) in [4.78, 5) is 24.9. The molecule has 106 valence electrons. The monoisotopic (exact) mass is 297 g/mol. The summed E-state index contributed by atoms with van der Waals surface area (Å²) in [6, 6.07) is 0. The van der Waals surface area contributed by atoms with Crippen LogP contribution in [-0.4, -0.2) is 37.3 Å². The molecule has 0 bridgehead atoms. The topological polar surface area (TPSA) is 123 Å². The van der Waals surface area contributed by atoms with Crippen molar-refractivity contribution in [1.29, 1.82) is 0 Å². The highest BCUT2D eigenvalue weighted by Crippen LogP contribution is 2.21. The Balaban J connectivity index is 1.95. The molecule has 0 aromatic carbocycles. The Morgan fingerprint density at radius 1 is 1.65 bits per heavy atom. The Hall–Kier alpha value is -2.49. The molecule has 2 aromatic heterocycles. The van der Waals surface area contributed by atoms with E-state index >= 15 is 0 Å². The first kappa shape index (κ1) is 13.9. The molecule has 20 heavy (non-hydrogen) atoms. The fourth-order valence-corrected chi connectivity index (χ4v) is 2.32. The van der Waals surface area contributed by atoms with Crippen LogP contribution in [0.3, 0.4) is 0 Å². The van der Waals surface area contributed by atoms with Crippen LogP contribution in [0.5, 0.6) is 0 Å². The van der Waals surface area contributed by atoms with Gasteiger partial charge in [0.15, 0.2) is 5.69 Å². The average Bonchev–Trinajstić information content (AvgIpc) is 2.96. The average molecular weight is 297 g/mol. The number of nitro groups is 1. The number of nitrogens with zero attached hydrogens (tertiary/aromatic N) is 4. The van der Waals surface area contributed by atoms with E-state index in [1.807, 2.05) is 0 Å². The molecule has 0 fully saturated rings. The number of carbonyl (C=O) groups is 1.